The summed E-state index contributed by atoms with van der Waals surface area (Å²) in [4.78, 5) is 9.65. The number of rotatable bonds is 6. The Morgan fingerprint density at radius 2 is 1.29 bits per heavy atom. The smallest absolute Gasteiger partial charge is 0.322 e. The fraction of sp³-hybridized carbons (Fsp3) is 0.875. The molecule has 9 N–H and O–H groups in total. The lowest BCUT2D eigenvalue weighted by atomic mass is 10.1. The number of aliphatic hydroxyl groups excluding tert-OH is 6. The Balaban J connectivity index is 0. The van der Waals surface area contributed by atoms with E-state index in [0.29, 0.717) is 0 Å². The third-order valence-electron chi connectivity index (χ3n) is 1.68. The Morgan fingerprint density at radius 1 is 0.941 bits per heavy atom. The zero-order chi connectivity index (χ0) is 14.0. The van der Waals surface area contributed by atoms with E-state index in [9.17, 15) is 4.79 Å². The second kappa shape index (κ2) is 10.4. The molecule has 0 radical (unpaired) electrons. The van der Waals surface area contributed by atoms with Gasteiger partial charge in [0.25, 0.3) is 0 Å². The number of hydrogen-bond donors (Lipinski definition) is 8. The van der Waals surface area contributed by atoms with Gasteiger partial charge in [-0.2, -0.15) is 0 Å². The van der Waals surface area contributed by atoms with E-state index >= 15 is 0 Å². The number of carbonyl (C=O) groups is 1. The predicted molar refractivity (Wildman–Crippen MR) is 54.9 cm³/mol. The minimum atomic E-state index is -1.49. The summed E-state index contributed by atoms with van der Waals surface area (Å²) >= 11 is 0. The molecular weight excluding hydrogens is 238 g/mol. The number of carboxylic acid groups (broad SMARTS) is 1. The van der Waals surface area contributed by atoms with E-state index in [4.69, 9.17) is 41.5 Å². The molecule has 9 heteroatoms. The molecule has 0 aromatic carbocycles. The van der Waals surface area contributed by atoms with Crippen LogP contribution in [0.2, 0.25) is 0 Å². The fourth-order valence-electron chi connectivity index (χ4n) is 0.551. The van der Waals surface area contributed by atoms with E-state index in [1.807, 2.05) is 0 Å². The number of aliphatic carboxylic acids is 1. The van der Waals surface area contributed by atoms with Gasteiger partial charge in [0.15, 0.2) is 0 Å². The van der Waals surface area contributed by atoms with Crippen molar-refractivity contribution in [3.8, 4) is 0 Å². The molecule has 0 aromatic rings. The summed E-state index contributed by atoms with van der Waals surface area (Å²) in [5.41, 5.74) is 4.77. The summed E-state index contributed by atoms with van der Waals surface area (Å²) < 4.78 is 0. The first-order valence-corrected chi connectivity index (χ1v) is 4.66. The molecule has 0 spiro atoms. The molecule has 0 aliphatic heterocycles. The Kier molecular flexibility index (Phi) is 11.3. The van der Waals surface area contributed by atoms with Crippen molar-refractivity contribution in [2.45, 2.75) is 24.4 Å². The van der Waals surface area contributed by atoms with Crippen LogP contribution in [0.5, 0.6) is 0 Å². The lowest BCUT2D eigenvalue weighted by Crippen LogP contribution is -2.41. The molecule has 0 aliphatic rings. The number of aliphatic hydroxyl groups is 6. The van der Waals surface area contributed by atoms with Crippen molar-refractivity contribution in [3.05, 3.63) is 0 Å². The van der Waals surface area contributed by atoms with Gasteiger partial charge < -0.3 is 41.5 Å². The predicted octanol–water partition coefficient (Wildman–Crippen LogP) is -4.56. The molecule has 0 bridgehead atoms. The zero-order valence-electron chi connectivity index (χ0n) is 9.05. The lowest BCUT2D eigenvalue weighted by molar-refractivity contribution is -0.139. The third kappa shape index (κ3) is 8.94. The molecule has 17 heavy (non-hydrogen) atoms. The van der Waals surface area contributed by atoms with Crippen LogP contribution in [0.25, 0.3) is 0 Å². The summed E-state index contributed by atoms with van der Waals surface area (Å²) in [6.07, 6.45) is -4.29. The highest BCUT2D eigenvalue weighted by molar-refractivity contribution is 5.73. The van der Waals surface area contributed by atoms with Gasteiger partial charge in [-0.15, -0.1) is 0 Å². The molecule has 0 fully saturated rings. The van der Waals surface area contributed by atoms with E-state index in [2.05, 4.69) is 0 Å². The van der Waals surface area contributed by atoms with Gasteiger partial charge in [0.2, 0.25) is 0 Å². The normalized spacial score (nSPS) is 17.4. The minimum absolute atomic E-state index is 0.505. The van der Waals surface area contributed by atoms with E-state index in [1.54, 1.807) is 0 Å². The quantitative estimate of drug-likeness (QED) is 0.232. The van der Waals surface area contributed by atoms with E-state index in [1.165, 1.54) is 0 Å². The second-order valence-corrected chi connectivity index (χ2v) is 3.12. The van der Waals surface area contributed by atoms with Crippen molar-refractivity contribution < 1.29 is 40.5 Å². The molecule has 0 amide bonds. The van der Waals surface area contributed by atoms with E-state index < -0.39 is 50.1 Å². The summed E-state index contributed by atoms with van der Waals surface area (Å²) in [5, 5.41) is 58.5. The topological polar surface area (TPSA) is 185 Å². The maximum absolute atomic E-state index is 9.65. The molecule has 104 valence electrons. The molecule has 0 rings (SSSR count). The first-order chi connectivity index (χ1) is 7.81. The van der Waals surface area contributed by atoms with Crippen molar-refractivity contribution in [1.82, 2.24) is 0 Å². The fourth-order valence-corrected chi connectivity index (χ4v) is 0.551. The van der Waals surface area contributed by atoms with Gasteiger partial charge in [0, 0.05) is 0 Å². The van der Waals surface area contributed by atoms with Gasteiger partial charge in [-0.05, 0) is 0 Å². The van der Waals surface area contributed by atoms with Crippen LogP contribution in [0.3, 0.4) is 0 Å². The summed E-state index contributed by atoms with van der Waals surface area (Å²) in [7, 11) is 0. The lowest BCUT2D eigenvalue weighted by Gasteiger charge is -2.19. The standard InChI is InChI=1S/C5H12O5.C3H7NO3/c6-1-3(8)5(10)4(9)2-7;4-2(1-5)3(6)7/h3-10H,1-2H2;2,5H,1,4H2,(H,6,7)/t3-,4+,5?;. The molecule has 0 saturated heterocycles. The highest BCUT2D eigenvalue weighted by Gasteiger charge is 2.22. The van der Waals surface area contributed by atoms with Gasteiger partial charge >= 0.3 is 5.97 Å². The Labute approximate surface area is 97.4 Å². The van der Waals surface area contributed by atoms with Crippen LogP contribution in [0.1, 0.15) is 0 Å². The van der Waals surface area contributed by atoms with Crippen LogP contribution >= 0.6 is 0 Å². The number of hydrogen-bond acceptors (Lipinski definition) is 8. The summed E-state index contributed by atoms with van der Waals surface area (Å²) in [6, 6.07) is -1.13. The minimum Gasteiger partial charge on any atom is -0.480 e. The van der Waals surface area contributed by atoms with Crippen molar-refractivity contribution in [2.75, 3.05) is 19.8 Å². The maximum atomic E-state index is 9.65. The first-order valence-electron chi connectivity index (χ1n) is 4.66. The van der Waals surface area contributed by atoms with Crippen molar-refractivity contribution in [1.29, 1.82) is 0 Å². The zero-order valence-corrected chi connectivity index (χ0v) is 9.05. The van der Waals surface area contributed by atoms with Crippen LogP contribution in [-0.2, 0) is 4.79 Å². The van der Waals surface area contributed by atoms with E-state index in [-0.39, 0.29) is 0 Å². The van der Waals surface area contributed by atoms with Crippen molar-refractivity contribution >= 4 is 5.97 Å². The van der Waals surface area contributed by atoms with Crippen LogP contribution < -0.4 is 5.73 Å². The summed E-state index contributed by atoms with van der Waals surface area (Å²) in [5.74, 6) is -1.18. The molecule has 2 unspecified atom stereocenters. The molecule has 9 nitrogen and oxygen atoms in total. The second-order valence-electron chi connectivity index (χ2n) is 3.12. The first kappa shape index (κ1) is 18.6. The van der Waals surface area contributed by atoms with Crippen molar-refractivity contribution in [2.24, 2.45) is 5.73 Å². The van der Waals surface area contributed by atoms with Gasteiger partial charge in [0.1, 0.15) is 24.4 Å². The average molecular weight is 257 g/mol. The molecule has 0 aromatic heterocycles. The van der Waals surface area contributed by atoms with Gasteiger partial charge in [0.05, 0.1) is 19.8 Å². The highest BCUT2D eigenvalue weighted by atomic mass is 16.4. The monoisotopic (exact) mass is 257 g/mol. The van der Waals surface area contributed by atoms with Gasteiger partial charge in [-0.25, -0.2) is 0 Å². The van der Waals surface area contributed by atoms with Crippen LogP contribution in [0.15, 0.2) is 0 Å². The molecule has 4 atom stereocenters. The number of nitrogens with two attached hydrogens (primary N) is 1. The molecule has 0 heterocycles. The molecule has 0 saturated carbocycles. The molecule has 0 aliphatic carbocycles. The van der Waals surface area contributed by atoms with Crippen molar-refractivity contribution in [3.63, 3.8) is 0 Å². The van der Waals surface area contributed by atoms with Crippen LogP contribution in [-0.4, -0.2) is 85.9 Å². The SMILES string of the molecule is NC(CO)C(=O)O.OC[C@@H](O)C(O)[C@@H](O)CO. The van der Waals surface area contributed by atoms with Crippen LogP contribution in [0.4, 0.5) is 0 Å². The van der Waals surface area contributed by atoms with Gasteiger partial charge in [-0.3, -0.25) is 4.79 Å². The molecular formula is C8H19NO8. The average Bonchev–Trinajstić information content (AvgIpc) is 2.35. The Hall–Kier alpha value is -0.810. The maximum Gasteiger partial charge on any atom is 0.322 e. The van der Waals surface area contributed by atoms with Gasteiger partial charge in [-0.1, -0.05) is 0 Å². The Morgan fingerprint density at radius 3 is 1.41 bits per heavy atom. The highest BCUT2D eigenvalue weighted by Crippen LogP contribution is 1.97. The van der Waals surface area contributed by atoms with Crippen LogP contribution in [0, 0.1) is 0 Å². The largest absolute Gasteiger partial charge is 0.480 e. The number of carboxylic acids is 1. The Bertz CT molecular complexity index is 192. The summed E-state index contributed by atoms with van der Waals surface area (Å²) in [6.45, 7) is -1.79. The van der Waals surface area contributed by atoms with E-state index in [0.717, 1.165) is 0 Å². The third-order valence-corrected chi connectivity index (χ3v) is 1.68.